The van der Waals surface area contributed by atoms with Gasteiger partial charge in [0.1, 0.15) is 0 Å². The van der Waals surface area contributed by atoms with Crippen LogP contribution < -0.4 is 0 Å². The topological polar surface area (TPSA) is 48.0 Å². The number of hydrogen-bond acceptors (Lipinski definition) is 4. The molecule has 0 radical (unpaired) electrons. The van der Waals surface area contributed by atoms with E-state index in [0.717, 1.165) is 38.9 Å². The number of hydrogen-bond donors (Lipinski definition) is 0. The van der Waals surface area contributed by atoms with Gasteiger partial charge in [-0.3, -0.25) is 0 Å². The van der Waals surface area contributed by atoms with Crippen molar-refractivity contribution in [2.45, 2.75) is 44.8 Å². The maximum atomic E-state index is 11.9. The number of carbonyl (C=O) groups excluding carboxylic acids is 1. The van der Waals surface area contributed by atoms with Crippen molar-refractivity contribution in [2.75, 3.05) is 32.9 Å². The zero-order valence-electron chi connectivity index (χ0n) is 11.1. The van der Waals surface area contributed by atoms with Gasteiger partial charge < -0.3 is 19.1 Å². The highest BCUT2D eigenvalue weighted by atomic mass is 16.6. The molecule has 0 N–H and O–H groups in total. The second kappa shape index (κ2) is 6.95. The van der Waals surface area contributed by atoms with E-state index in [1.54, 1.807) is 4.90 Å². The second-order valence-electron chi connectivity index (χ2n) is 4.87. The Bertz CT molecular complexity index is 242. The van der Waals surface area contributed by atoms with E-state index in [2.05, 4.69) is 0 Å². The van der Waals surface area contributed by atoms with Crippen LogP contribution in [0.3, 0.4) is 0 Å². The zero-order valence-corrected chi connectivity index (χ0v) is 11.1. The van der Waals surface area contributed by atoms with E-state index in [9.17, 15) is 4.79 Å². The van der Waals surface area contributed by atoms with Gasteiger partial charge in [-0.05, 0) is 32.6 Å². The number of rotatable bonds is 5. The highest BCUT2D eigenvalue weighted by Gasteiger charge is 2.27. The summed E-state index contributed by atoms with van der Waals surface area (Å²) in [7, 11) is 0. The van der Waals surface area contributed by atoms with Gasteiger partial charge in [-0.15, -0.1) is 0 Å². The van der Waals surface area contributed by atoms with Crippen molar-refractivity contribution in [2.24, 2.45) is 0 Å². The van der Waals surface area contributed by atoms with Gasteiger partial charge in [0, 0.05) is 13.2 Å². The molecule has 0 saturated carbocycles. The molecule has 2 heterocycles. The lowest BCUT2D eigenvalue weighted by molar-refractivity contribution is 0.0294. The Balaban J connectivity index is 1.85. The monoisotopic (exact) mass is 257 g/mol. The first-order chi connectivity index (χ1) is 8.79. The highest BCUT2D eigenvalue weighted by Crippen LogP contribution is 2.17. The number of nitrogens with zero attached hydrogens (tertiary/aromatic N) is 1. The van der Waals surface area contributed by atoms with Gasteiger partial charge in [0.2, 0.25) is 0 Å². The smallest absolute Gasteiger partial charge is 0.409 e. The first kappa shape index (κ1) is 13.6. The summed E-state index contributed by atoms with van der Waals surface area (Å²) >= 11 is 0. The summed E-state index contributed by atoms with van der Waals surface area (Å²) in [5, 5.41) is 0. The van der Waals surface area contributed by atoms with Crippen LogP contribution in [0.5, 0.6) is 0 Å². The molecular weight excluding hydrogens is 234 g/mol. The van der Waals surface area contributed by atoms with E-state index < -0.39 is 0 Å². The van der Waals surface area contributed by atoms with Gasteiger partial charge in [0.25, 0.3) is 0 Å². The normalized spacial score (nSPS) is 27.4. The van der Waals surface area contributed by atoms with Gasteiger partial charge in [-0.1, -0.05) is 0 Å². The first-order valence-corrected chi connectivity index (χ1v) is 6.94. The molecule has 2 aliphatic rings. The Hall–Kier alpha value is -0.810. The van der Waals surface area contributed by atoms with Crippen LogP contribution in [-0.4, -0.2) is 56.1 Å². The molecule has 2 atom stereocenters. The largest absolute Gasteiger partial charge is 0.450 e. The molecule has 0 bridgehead atoms. The molecule has 5 nitrogen and oxygen atoms in total. The van der Waals surface area contributed by atoms with Gasteiger partial charge in [-0.2, -0.15) is 0 Å². The summed E-state index contributed by atoms with van der Waals surface area (Å²) in [6, 6.07) is 0. The van der Waals surface area contributed by atoms with Gasteiger partial charge in [0.15, 0.2) is 0 Å². The van der Waals surface area contributed by atoms with Crippen LogP contribution in [0.15, 0.2) is 0 Å². The fraction of sp³-hybridized carbons (Fsp3) is 0.923. The molecule has 2 unspecified atom stereocenters. The summed E-state index contributed by atoms with van der Waals surface area (Å²) in [5.41, 5.74) is 0. The van der Waals surface area contributed by atoms with Gasteiger partial charge in [0.05, 0.1) is 31.9 Å². The van der Waals surface area contributed by atoms with Crippen LogP contribution in [0.2, 0.25) is 0 Å². The summed E-state index contributed by atoms with van der Waals surface area (Å²) in [6.07, 6.45) is 4.31. The predicted molar refractivity (Wildman–Crippen MR) is 66.5 cm³/mol. The molecule has 0 spiro atoms. The predicted octanol–water partition coefficient (Wildman–Crippen LogP) is 1.80. The van der Waals surface area contributed by atoms with Crippen LogP contribution in [-0.2, 0) is 14.2 Å². The van der Waals surface area contributed by atoms with E-state index in [1.807, 2.05) is 6.92 Å². The number of carbonyl (C=O) groups is 1. The van der Waals surface area contributed by atoms with E-state index >= 15 is 0 Å². The average Bonchev–Trinajstić information content (AvgIpc) is 3.01. The molecule has 2 saturated heterocycles. The van der Waals surface area contributed by atoms with Gasteiger partial charge in [-0.25, -0.2) is 4.79 Å². The molecule has 2 fully saturated rings. The molecule has 0 aromatic heterocycles. The molecule has 104 valence electrons. The fourth-order valence-corrected chi connectivity index (χ4v) is 2.51. The quantitative estimate of drug-likeness (QED) is 0.753. The van der Waals surface area contributed by atoms with E-state index in [-0.39, 0.29) is 18.3 Å². The SMILES string of the molecule is CCOC(=O)N(CC1CCCO1)CC1CCCO1. The summed E-state index contributed by atoms with van der Waals surface area (Å²) < 4.78 is 16.3. The summed E-state index contributed by atoms with van der Waals surface area (Å²) in [6.45, 7) is 5.10. The maximum Gasteiger partial charge on any atom is 0.409 e. The lowest BCUT2D eigenvalue weighted by Crippen LogP contribution is -2.42. The molecule has 2 rings (SSSR count). The van der Waals surface area contributed by atoms with E-state index in [1.165, 1.54) is 0 Å². The first-order valence-electron chi connectivity index (χ1n) is 6.94. The average molecular weight is 257 g/mol. The minimum Gasteiger partial charge on any atom is -0.450 e. The number of ether oxygens (including phenoxy) is 3. The molecule has 1 amide bonds. The maximum absolute atomic E-state index is 11.9. The van der Waals surface area contributed by atoms with Crippen LogP contribution in [0.25, 0.3) is 0 Å². The molecular formula is C13H23NO4. The third-order valence-electron chi connectivity index (χ3n) is 3.42. The minimum absolute atomic E-state index is 0.163. The van der Waals surface area contributed by atoms with Crippen LogP contribution in [0.4, 0.5) is 4.79 Å². The molecule has 0 aliphatic carbocycles. The molecule has 0 aromatic rings. The van der Waals surface area contributed by atoms with Crippen molar-refractivity contribution in [3.8, 4) is 0 Å². The molecule has 0 aromatic carbocycles. The van der Waals surface area contributed by atoms with E-state index in [4.69, 9.17) is 14.2 Å². The van der Waals surface area contributed by atoms with E-state index in [0.29, 0.717) is 19.7 Å². The second-order valence-corrected chi connectivity index (χ2v) is 4.87. The third-order valence-corrected chi connectivity index (χ3v) is 3.42. The standard InChI is InChI=1S/C13H23NO4/c1-2-16-13(15)14(9-11-5-3-7-17-11)10-12-6-4-8-18-12/h11-12H,2-10H2,1H3. The Labute approximate surface area is 108 Å². The van der Waals surface area contributed by atoms with Crippen LogP contribution >= 0.6 is 0 Å². The summed E-state index contributed by atoms with van der Waals surface area (Å²) in [4.78, 5) is 13.7. The Kier molecular flexibility index (Phi) is 5.26. The summed E-state index contributed by atoms with van der Waals surface area (Å²) in [5.74, 6) is 0. The van der Waals surface area contributed by atoms with Crippen molar-refractivity contribution in [1.82, 2.24) is 4.90 Å². The van der Waals surface area contributed by atoms with Crippen molar-refractivity contribution in [3.05, 3.63) is 0 Å². The van der Waals surface area contributed by atoms with Crippen molar-refractivity contribution in [1.29, 1.82) is 0 Å². The van der Waals surface area contributed by atoms with Crippen molar-refractivity contribution < 1.29 is 19.0 Å². The van der Waals surface area contributed by atoms with Crippen molar-refractivity contribution in [3.63, 3.8) is 0 Å². The third kappa shape index (κ3) is 3.85. The molecule has 5 heteroatoms. The lowest BCUT2D eigenvalue weighted by atomic mass is 10.2. The molecule has 2 aliphatic heterocycles. The van der Waals surface area contributed by atoms with Crippen LogP contribution in [0, 0.1) is 0 Å². The van der Waals surface area contributed by atoms with Gasteiger partial charge >= 0.3 is 6.09 Å². The number of amides is 1. The fourth-order valence-electron chi connectivity index (χ4n) is 2.51. The lowest BCUT2D eigenvalue weighted by Gasteiger charge is -2.26. The Morgan fingerprint density at radius 1 is 1.17 bits per heavy atom. The Morgan fingerprint density at radius 2 is 1.72 bits per heavy atom. The zero-order chi connectivity index (χ0) is 12.8. The minimum atomic E-state index is -0.247. The van der Waals surface area contributed by atoms with Crippen LogP contribution in [0.1, 0.15) is 32.6 Å². The highest BCUT2D eigenvalue weighted by molar-refractivity contribution is 5.67. The van der Waals surface area contributed by atoms with Crippen molar-refractivity contribution >= 4 is 6.09 Å². The Morgan fingerprint density at radius 3 is 2.11 bits per heavy atom. The molecule has 18 heavy (non-hydrogen) atoms.